The topological polar surface area (TPSA) is 66.4 Å². The molecule has 0 bridgehead atoms. The summed E-state index contributed by atoms with van der Waals surface area (Å²) in [4.78, 5) is 15.5. The predicted molar refractivity (Wildman–Crippen MR) is 119 cm³/mol. The highest BCUT2D eigenvalue weighted by molar-refractivity contribution is 9.10. The zero-order valence-electron chi connectivity index (χ0n) is 17.1. The van der Waals surface area contributed by atoms with Crippen molar-refractivity contribution in [3.63, 3.8) is 0 Å². The minimum atomic E-state index is 0.0465. The van der Waals surface area contributed by atoms with Crippen LogP contribution in [0.4, 0.5) is 5.69 Å². The Hall–Kier alpha value is -2.80. The van der Waals surface area contributed by atoms with Gasteiger partial charge in [0.15, 0.2) is 17.2 Å². The largest absolute Gasteiger partial charge is 0.493 e. The third-order valence-corrected chi connectivity index (χ3v) is 4.60. The number of ether oxygens (including phenoxy) is 4. The molecule has 0 aliphatic rings. The van der Waals surface area contributed by atoms with Crippen molar-refractivity contribution in [2.45, 2.75) is 13.3 Å². The van der Waals surface area contributed by atoms with Gasteiger partial charge < -0.3 is 18.9 Å². The molecule has 2 aromatic rings. The van der Waals surface area contributed by atoms with Crippen LogP contribution < -0.4 is 18.9 Å². The molecule has 0 aromatic heterocycles. The maximum absolute atomic E-state index is 11.2. The quantitative estimate of drug-likeness (QED) is 0.372. The van der Waals surface area contributed by atoms with Gasteiger partial charge >= 0.3 is 0 Å². The smallest absolute Gasteiger partial charge is 0.203 e. The maximum atomic E-state index is 11.2. The second-order valence-corrected chi connectivity index (χ2v) is 6.92. The van der Waals surface area contributed by atoms with Crippen LogP contribution in [-0.4, -0.2) is 40.4 Å². The fourth-order valence-electron chi connectivity index (χ4n) is 2.66. The monoisotopic (exact) mass is 461 g/mol. The second-order valence-electron chi connectivity index (χ2n) is 6.06. The number of Topliss-reactive ketones (excluding diaryl/α,β-unsaturated/α-hetero) is 1. The molecule has 0 saturated carbocycles. The summed E-state index contributed by atoms with van der Waals surface area (Å²) in [5.41, 5.74) is 2.42. The zero-order chi connectivity index (χ0) is 21.4. The number of carbonyl (C=O) groups excluding carboxylic acids is 1. The van der Waals surface area contributed by atoms with Gasteiger partial charge in [0.25, 0.3) is 0 Å². The molecule has 0 spiro atoms. The number of carbonyl (C=O) groups is 1. The first kappa shape index (κ1) is 22.5. The number of hydrogen-bond acceptors (Lipinski definition) is 6. The van der Waals surface area contributed by atoms with Gasteiger partial charge in [-0.05, 0) is 58.2 Å². The van der Waals surface area contributed by atoms with E-state index in [1.54, 1.807) is 34.7 Å². The Labute approximate surface area is 179 Å². The van der Waals surface area contributed by atoms with Crippen LogP contribution in [-0.2, 0) is 4.79 Å². The van der Waals surface area contributed by atoms with E-state index in [4.69, 9.17) is 18.9 Å². The third-order valence-electron chi connectivity index (χ3n) is 4.01. The average Bonchev–Trinajstić information content (AvgIpc) is 2.70. The molecule has 0 aliphatic carbocycles. The van der Waals surface area contributed by atoms with E-state index in [0.717, 1.165) is 15.6 Å². The SMILES string of the molecule is COc1cc(/C=C\c2cc(Br)c(OC)c(N=CCC(C)=O)c2)cc(OC)c1OC. The normalized spacial score (nSPS) is 11.1. The van der Waals surface area contributed by atoms with Crippen molar-refractivity contribution in [1.29, 1.82) is 0 Å². The van der Waals surface area contributed by atoms with Crippen LogP contribution in [0.3, 0.4) is 0 Å². The molecule has 0 amide bonds. The van der Waals surface area contributed by atoms with E-state index >= 15 is 0 Å². The fourth-order valence-corrected chi connectivity index (χ4v) is 3.29. The average molecular weight is 462 g/mol. The first-order valence-electron chi connectivity index (χ1n) is 8.81. The van der Waals surface area contributed by atoms with Gasteiger partial charge in [-0.2, -0.15) is 0 Å². The molecular formula is C22H24BrNO5. The Kier molecular flexibility index (Phi) is 8.27. The van der Waals surface area contributed by atoms with Gasteiger partial charge in [0.2, 0.25) is 5.75 Å². The van der Waals surface area contributed by atoms with E-state index in [9.17, 15) is 4.79 Å². The van der Waals surface area contributed by atoms with E-state index < -0.39 is 0 Å². The Morgan fingerprint density at radius 2 is 1.45 bits per heavy atom. The lowest BCUT2D eigenvalue weighted by Crippen LogP contribution is -1.95. The number of halogens is 1. The van der Waals surface area contributed by atoms with E-state index in [-0.39, 0.29) is 12.2 Å². The highest BCUT2D eigenvalue weighted by Crippen LogP contribution is 2.39. The van der Waals surface area contributed by atoms with Gasteiger partial charge in [-0.25, -0.2) is 0 Å². The van der Waals surface area contributed by atoms with Gasteiger partial charge in [0.05, 0.1) is 32.9 Å². The zero-order valence-corrected chi connectivity index (χ0v) is 18.7. The molecule has 0 saturated heterocycles. The second kappa shape index (κ2) is 10.7. The number of rotatable bonds is 9. The van der Waals surface area contributed by atoms with Crippen molar-refractivity contribution in [3.8, 4) is 23.0 Å². The third kappa shape index (κ3) is 5.84. The van der Waals surface area contributed by atoms with Crippen molar-refractivity contribution in [3.05, 3.63) is 39.9 Å². The predicted octanol–water partition coefficient (Wildman–Crippen LogP) is 5.34. The summed E-state index contributed by atoms with van der Waals surface area (Å²) in [7, 11) is 6.31. The van der Waals surface area contributed by atoms with Gasteiger partial charge in [-0.1, -0.05) is 12.2 Å². The molecular weight excluding hydrogens is 438 g/mol. The fraction of sp³-hybridized carbons (Fsp3) is 0.273. The van der Waals surface area contributed by atoms with Crippen LogP contribution in [0.2, 0.25) is 0 Å². The van der Waals surface area contributed by atoms with Crippen molar-refractivity contribution >= 4 is 45.8 Å². The van der Waals surface area contributed by atoms with E-state index in [1.807, 2.05) is 36.4 Å². The summed E-state index contributed by atoms with van der Waals surface area (Å²) in [6.07, 6.45) is 5.72. The maximum Gasteiger partial charge on any atom is 0.203 e. The number of ketones is 1. The minimum Gasteiger partial charge on any atom is -0.493 e. The molecule has 0 N–H and O–H groups in total. The molecule has 2 aromatic carbocycles. The first-order chi connectivity index (χ1) is 13.9. The molecule has 0 aliphatic heterocycles. The number of methoxy groups -OCH3 is 4. The summed E-state index contributed by atoms with van der Waals surface area (Å²) in [5, 5.41) is 0. The van der Waals surface area contributed by atoms with Gasteiger partial charge in [-0.3, -0.25) is 9.79 Å². The standard InChI is InChI=1S/C22H24BrNO5/c1-14(25)8-9-24-18-11-15(10-17(23)21(18)28-4)6-7-16-12-19(26-2)22(29-5)20(13-16)27-3/h6-7,9-13H,8H2,1-5H3/b7-6-,24-9?. The Balaban J connectivity index is 2.41. The molecule has 0 radical (unpaired) electrons. The van der Waals surface area contributed by atoms with E-state index in [1.165, 1.54) is 6.92 Å². The van der Waals surface area contributed by atoms with Crippen LogP contribution in [0.1, 0.15) is 24.5 Å². The lowest BCUT2D eigenvalue weighted by atomic mass is 10.1. The van der Waals surface area contributed by atoms with Gasteiger partial charge in [-0.15, -0.1) is 0 Å². The highest BCUT2D eigenvalue weighted by Gasteiger charge is 2.12. The number of benzene rings is 2. The molecule has 0 atom stereocenters. The first-order valence-corrected chi connectivity index (χ1v) is 9.60. The van der Waals surface area contributed by atoms with Crippen LogP contribution in [0, 0.1) is 0 Å². The molecule has 6 nitrogen and oxygen atoms in total. The summed E-state index contributed by atoms with van der Waals surface area (Å²) in [6.45, 7) is 1.52. The van der Waals surface area contributed by atoms with Gasteiger partial charge in [0.1, 0.15) is 11.5 Å². The molecule has 29 heavy (non-hydrogen) atoms. The van der Waals surface area contributed by atoms with Crippen molar-refractivity contribution in [1.82, 2.24) is 0 Å². The van der Waals surface area contributed by atoms with Crippen LogP contribution in [0.25, 0.3) is 12.2 Å². The molecule has 7 heteroatoms. The number of nitrogens with zero attached hydrogens (tertiary/aromatic N) is 1. The summed E-state index contributed by atoms with van der Waals surface area (Å²) in [5.74, 6) is 2.36. The number of aliphatic imine (C=N–C) groups is 1. The summed E-state index contributed by atoms with van der Waals surface area (Å²) >= 11 is 3.51. The Morgan fingerprint density at radius 1 is 0.897 bits per heavy atom. The molecule has 154 valence electrons. The Bertz CT molecular complexity index is 912. The number of hydrogen-bond donors (Lipinski definition) is 0. The summed E-state index contributed by atoms with van der Waals surface area (Å²) in [6, 6.07) is 7.54. The molecule has 0 fully saturated rings. The lowest BCUT2D eigenvalue weighted by molar-refractivity contribution is -0.115. The Morgan fingerprint density at radius 3 is 1.93 bits per heavy atom. The van der Waals surface area contributed by atoms with Crippen LogP contribution >= 0.6 is 15.9 Å². The van der Waals surface area contributed by atoms with Crippen LogP contribution in [0.5, 0.6) is 23.0 Å². The molecule has 0 heterocycles. The van der Waals surface area contributed by atoms with E-state index in [2.05, 4.69) is 20.9 Å². The van der Waals surface area contributed by atoms with Crippen molar-refractivity contribution in [2.24, 2.45) is 4.99 Å². The van der Waals surface area contributed by atoms with E-state index in [0.29, 0.717) is 28.7 Å². The minimum absolute atomic E-state index is 0.0465. The molecule has 0 unspecified atom stereocenters. The highest BCUT2D eigenvalue weighted by atomic mass is 79.9. The van der Waals surface area contributed by atoms with Crippen molar-refractivity contribution in [2.75, 3.05) is 28.4 Å². The van der Waals surface area contributed by atoms with Crippen LogP contribution in [0.15, 0.2) is 33.7 Å². The van der Waals surface area contributed by atoms with Gasteiger partial charge in [0, 0.05) is 12.6 Å². The molecule has 2 rings (SSSR count). The lowest BCUT2D eigenvalue weighted by Gasteiger charge is -2.13. The van der Waals surface area contributed by atoms with Crippen molar-refractivity contribution < 1.29 is 23.7 Å². The summed E-state index contributed by atoms with van der Waals surface area (Å²) < 4.78 is 22.3.